The molecule has 14 aliphatic rings. The normalized spacial score (nSPS) is 40.5. The minimum Gasteiger partial charge on any atom is -0.373 e. The molecular formula is C59H93O13Si8Ti+. The Balaban J connectivity index is 0.000000228. The van der Waals surface area contributed by atoms with E-state index in [2.05, 4.69) is 48.5 Å². The minimum absolute atomic E-state index is 0. The molecule has 442 valence electrons. The molecule has 0 atom stereocenters. The van der Waals surface area contributed by atoms with E-state index in [9.17, 15) is 4.80 Å². The summed E-state index contributed by atoms with van der Waals surface area (Å²) in [5.74, 6) is 7.34. The summed E-state index contributed by atoms with van der Waals surface area (Å²) in [5, 5.41) is 0. The fourth-order valence-corrected chi connectivity index (χ4v) is 69.3. The maximum Gasteiger partial charge on any atom is 3.00 e. The average molecular weight is 1280 g/mol. The van der Waals surface area contributed by atoms with Gasteiger partial charge in [-0.1, -0.05) is 137 Å². The molecule has 14 fully saturated rings. The van der Waals surface area contributed by atoms with Crippen LogP contribution < -0.4 is 0 Å². The summed E-state index contributed by atoms with van der Waals surface area (Å²) in [7, 11) is -32.5. The second kappa shape index (κ2) is 25.5. The van der Waals surface area contributed by atoms with Crippen molar-refractivity contribution in [3.63, 3.8) is 0 Å². The average Bonchev–Trinajstić information content (AvgIpc) is 4.48. The molecule has 6 radical (unpaired) electrons. The zero-order valence-corrected chi connectivity index (χ0v) is 58.9. The Hall–Kier alpha value is 0.109. The summed E-state index contributed by atoms with van der Waals surface area (Å²) in [6.07, 6.45) is 27.8. The molecule has 2 aromatic carbocycles. The number of hydrogen-bond donors (Lipinski definition) is 1. The largest absolute Gasteiger partial charge is 3.00 e. The summed E-state index contributed by atoms with van der Waals surface area (Å²) < 4.78 is 96.2. The van der Waals surface area contributed by atoms with Crippen LogP contribution in [0.3, 0.4) is 0 Å². The van der Waals surface area contributed by atoms with E-state index in [1.807, 2.05) is 60.7 Å². The molecule has 8 bridgehead atoms. The molecule has 8 saturated carbocycles. The van der Waals surface area contributed by atoms with Crippen molar-refractivity contribution in [2.24, 2.45) is 0 Å². The first-order chi connectivity index (χ1) is 38.6. The van der Waals surface area contributed by atoms with Crippen LogP contribution in [0.4, 0.5) is 0 Å². The van der Waals surface area contributed by atoms with Crippen LogP contribution in [0, 0.1) is 43.4 Å². The smallest absolute Gasteiger partial charge is 0.373 e. The second-order valence-electron chi connectivity index (χ2n) is 25.9. The van der Waals surface area contributed by atoms with Crippen LogP contribution in [0.15, 0.2) is 60.7 Å². The van der Waals surface area contributed by atoms with Crippen molar-refractivity contribution in [3.05, 3.63) is 115 Å². The maximum atomic E-state index is 13.6. The van der Waals surface area contributed by atoms with Crippen LogP contribution in [-0.4, -0.2) is 75.5 Å². The summed E-state index contributed by atoms with van der Waals surface area (Å²) in [6.45, 7) is 18.4. The fourth-order valence-electron chi connectivity index (χ4n) is 15.9. The van der Waals surface area contributed by atoms with Crippen LogP contribution in [0.1, 0.15) is 226 Å². The number of benzene rings is 2. The van der Waals surface area contributed by atoms with E-state index < -0.39 is 70.7 Å². The van der Waals surface area contributed by atoms with Gasteiger partial charge in [0.15, 0.2) is 0 Å². The Labute approximate surface area is 511 Å². The second-order valence-corrected chi connectivity index (χ2v) is 51.0. The molecule has 6 aliphatic heterocycles. The van der Waals surface area contributed by atoms with Gasteiger partial charge in [0.2, 0.25) is 0 Å². The number of rotatable bonds is 7. The first kappa shape index (κ1) is 62.7. The third-order valence-electron chi connectivity index (χ3n) is 20.9. The van der Waals surface area contributed by atoms with Gasteiger partial charge in [0.05, 0.1) is 0 Å². The van der Waals surface area contributed by atoms with Crippen molar-refractivity contribution in [2.45, 2.75) is 253 Å². The molecule has 1 N–H and O–H groups in total. The minimum atomic E-state index is -4.74. The Bertz CT molecular complexity index is 2090. The standard InChI is InChI=1S/C35H64O13Si8.C10H15.2C7H7.Ti/c36-56-46-53(33-23-9-10-24-33)40-50(30-17-3-4-18-30)37-49(29-15-1-2-16-29)38-51(42-53,31-19-5-6-20-31)44-55(48-56,35-27-13-14-28-35)45-52(39-49,32-21-7-8-22-32)43-54(41-50,47-56)34-25-11-12-26-34;1-6-7(2)9(4)10(5)8(6)3;2*1-7-5-3-2-4-6-7;/h29-36H,1-28H2;1-5H3;2*2-6H,1H2;/q;;2*-1;+3. The van der Waals surface area contributed by atoms with Gasteiger partial charge >= 0.3 is 92.4 Å². The molecule has 2 aromatic rings. The van der Waals surface area contributed by atoms with Gasteiger partial charge in [-0.15, -0.1) is 24.3 Å². The van der Waals surface area contributed by atoms with E-state index in [0.717, 1.165) is 191 Å². The van der Waals surface area contributed by atoms with Gasteiger partial charge in [-0.05, 0) is 119 Å². The van der Waals surface area contributed by atoms with Crippen molar-refractivity contribution < 1.29 is 75.9 Å². The SMILES string of the molecule is C[C]1[C](C)[C](C)[C](C)[C]1C.O[Si]12O[Si]3(C4CCCC4)O[Si]4(C5CCCC5)O[Si](C5CCCC5)(O1)O[Si]1(C5CCCC5)O[Si](C5CCCC5)(O2)O[Si](C2CCCC2)(O3)O[Si](C2CCCC2)(O4)O1.[CH2-]c1ccccc1.[CH2-]c1ccccc1.[Ti+3]. The zero-order valence-electron chi connectivity index (χ0n) is 49.4. The monoisotopic (exact) mass is 1280 g/mol. The Morgan fingerprint density at radius 1 is 0.284 bits per heavy atom. The van der Waals surface area contributed by atoms with E-state index in [1.165, 1.54) is 29.6 Å². The van der Waals surface area contributed by atoms with Crippen molar-refractivity contribution in [1.29, 1.82) is 0 Å². The quantitative estimate of drug-likeness (QED) is 0.209. The molecule has 0 amide bonds. The maximum absolute atomic E-state index is 13.6. The molecule has 22 heteroatoms. The van der Waals surface area contributed by atoms with Crippen LogP contribution in [-0.2, 0) is 71.1 Å². The van der Waals surface area contributed by atoms with E-state index in [0.29, 0.717) is 0 Å². The predicted octanol–water partition coefficient (Wildman–Crippen LogP) is 15.6. The van der Waals surface area contributed by atoms with Crippen molar-refractivity contribution in [1.82, 2.24) is 0 Å². The van der Waals surface area contributed by atoms with Crippen LogP contribution in [0.5, 0.6) is 0 Å². The van der Waals surface area contributed by atoms with Gasteiger partial charge in [0, 0.05) is 38.8 Å². The molecule has 0 spiro atoms. The summed E-state index contributed by atoms with van der Waals surface area (Å²) >= 11 is 0. The van der Waals surface area contributed by atoms with Crippen molar-refractivity contribution >= 4 is 70.7 Å². The zero-order chi connectivity index (χ0) is 55.4. The van der Waals surface area contributed by atoms with E-state index >= 15 is 0 Å². The molecule has 0 unspecified atom stereocenters. The molecule has 13 nitrogen and oxygen atoms in total. The summed E-state index contributed by atoms with van der Waals surface area (Å²) in [6, 6.07) is 19.7. The molecule has 16 rings (SSSR count). The van der Waals surface area contributed by atoms with E-state index in [-0.39, 0.29) is 60.5 Å². The summed E-state index contributed by atoms with van der Waals surface area (Å²) in [5.41, 5.74) is 2.01. The van der Waals surface area contributed by atoms with Crippen LogP contribution >= 0.6 is 0 Å². The first-order valence-electron chi connectivity index (χ1n) is 31.6. The van der Waals surface area contributed by atoms with Crippen molar-refractivity contribution in [3.8, 4) is 0 Å². The van der Waals surface area contributed by atoms with E-state index in [4.69, 9.17) is 49.4 Å². The molecule has 81 heavy (non-hydrogen) atoms. The first-order valence-corrected chi connectivity index (χ1v) is 45.9. The van der Waals surface area contributed by atoms with Crippen LogP contribution in [0.25, 0.3) is 0 Å². The Kier molecular flexibility index (Phi) is 19.8. The van der Waals surface area contributed by atoms with Gasteiger partial charge in [-0.3, -0.25) is 0 Å². The predicted molar refractivity (Wildman–Crippen MR) is 323 cm³/mol. The third-order valence-corrected chi connectivity index (χ3v) is 58.9. The van der Waals surface area contributed by atoms with Gasteiger partial charge in [-0.2, -0.15) is 49.2 Å². The number of hydrogen-bond acceptors (Lipinski definition) is 13. The fraction of sp³-hybridized carbons (Fsp3) is 0.678. The van der Waals surface area contributed by atoms with Crippen LogP contribution in [0.2, 0.25) is 38.8 Å². The Morgan fingerprint density at radius 3 is 0.568 bits per heavy atom. The van der Waals surface area contributed by atoms with Crippen molar-refractivity contribution in [2.75, 3.05) is 0 Å². The Morgan fingerprint density at radius 2 is 0.432 bits per heavy atom. The molecule has 0 aromatic heterocycles. The third kappa shape index (κ3) is 12.3. The molecule has 6 saturated heterocycles. The van der Waals surface area contributed by atoms with Gasteiger partial charge in [-0.25, -0.2) is 0 Å². The van der Waals surface area contributed by atoms with Gasteiger partial charge in [0.25, 0.3) is 0 Å². The van der Waals surface area contributed by atoms with Gasteiger partial charge < -0.3 is 54.2 Å². The van der Waals surface area contributed by atoms with E-state index in [1.54, 1.807) is 0 Å². The molecule has 8 aliphatic carbocycles. The molecular weight excluding hydrogens is 1190 g/mol. The van der Waals surface area contributed by atoms with Gasteiger partial charge in [0.1, 0.15) is 0 Å². The molecule has 6 heterocycles. The summed E-state index contributed by atoms with van der Waals surface area (Å²) in [4.78, 5) is 13.6. The topological polar surface area (TPSA) is 131 Å².